The third kappa shape index (κ3) is 4.86. The molecule has 154 valence electrons. The zero-order valence-corrected chi connectivity index (χ0v) is 18.2. The van der Waals surface area contributed by atoms with E-state index in [2.05, 4.69) is 16.4 Å². The minimum absolute atomic E-state index is 0. The monoisotopic (exact) mass is 432 g/mol. The summed E-state index contributed by atoms with van der Waals surface area (Å²) in [6.07, 6.45) is 5.66. The third-order valence-electron chi connectivity index (χ3n) is 5.27. The Balaban J connectivity index is 0.00000150. The molecule has 1 aromatic carbocycles. The van der Waals surface area contributed by atoms with E-state index >= 15 is 0 Å². The van der Waals surface area contributed by atoms with Crippen molar-refractivity contribution in [2.75, 3.05) is 20.1 Å². The molecular formula is C22H26Cl2N4O. The highest BCUT2D eigenvalue weighted by atomic mass is 35.5. The number of piperidine rings is 1. The number of nitrogens with zero attached hydrogens (tertiary/aromatic N) is 3. The first-order chi connectivity index (χ1) is 13.2. The van der Waals surface area contributed by atoms with Crippen molar-refractivity contribution in [3.63, 3.8) is 0 Å². The van der Waals surface area contributed by atoms with E-state index in [1.165, 1.54) is 0 Å². The summed E-state index contributed by atoms with van der Waals surface area (Å²) in [6.45, 7) is 3.59. The fraction of sp³-hybridized carbons (Fsp3) is 0.318. The van der Waals surface area contributed by atoms with Crippen LogP contribution in [-0.2, 0) is 0 Å². The van der Waals surface area contributed by atoms with Gasteiger partial charge in [-0.05, 0) is 57.1 Å². The number of carbonyl (C=O) groups excluding carboxylic acids is 1. The van der Waals surface area contributed by atoms with E-state index in [1.54, 1.807) is 12.4 Å². The summed E-state index contributed by atoms with van der Waals surface area (Å²) >= 11 is 0. The van der Waals surface area contributed by atoms with Crippen LogP contribution in [0.5, 0.6) is 0 Å². The molecule has 1 fully saturated rings. The Hall–Kier alpha value is -2.21. The minimum atomic E-state index is 0. The van der Waals surface area contributed by atoms with Crippen LogP contribution >= 0.6 is 24.8 Å². The van der Waals surface area contributed by atoms with Gasteiger partial charge < -0.3 is 10.2 Å². The molecule has 0 bridgehead atoms. The van der Waals surface area contributed by atoms with Crippen LogP contribution in [0.1, 0.15) is 28.8 Å². The van der Waals surface area contributed by atoms with Crippen molar-refractivity contribution in [3.05, 3.63) is 59.9 Å². The van der Waals surface area contributed by atoms with E-state index in [0.29, 0.717) is 6.04 Å². The summed E-state index contributed by atoms with van der Waals surface area (Å²) in [5.74, 6) is 0.0816. The van der Waals surface area contributed by atoms with E-state index in [1.807, 2.05) is 49.2 Å². The molecule has 4 rings (SSSR count). The van der Waals surface area contributed by atoms with Crippen molar-refractivity contribution < 1.29 is 4.79 Å². The number of likely N-dealkylation sites (tertiary alicyclic amines) is 1. The number of halogens is 2. The lowest BCUT2D eigenvalue weighted by Gasteiger charge is -2.33. The van der Waals surface area contributed by atoms with E-state index in [-0.39, 0.29) is 30.7 Å². The molecule has 0 radical (unpaired) electrons. The number of aryl methyl sites for hydroxylation is 1. The molecule has 3 aromatic rings. The number of aromatic nitrogens is 2. The fourth-order valence-corrected chi connectivity index (χ4v) is 3.75. The smallest absolute Gasteiger partial charge is 0.254 e. The van der Waals surface area contributed by atoms with Crippen LogP contribution in [0.2, 0.25) is 0 Å². The second kappa shape index (κ2) is 10.0. The van der Waals surface area contributed by atoms with Crippen LogP contribution in [0.15, 0.2) is 48.8 Å². The fourth-order valence-electron chi connectivity index (χ4n) is 3.75. The molecule has 2 aromatic heterocycles. The number of carbonyl (C=O) groups is 1. The first kappa shape index (κ1) is 23.1. The molecule has 7 heteroatoms. The molecule has 1 amide bonds. The maximum atomic E-state index is 13.4. The summed E-state index contributed by atoms with van der Waals surface area (Å²) in [4.78, 5) is 24.4. The van der Waals surface area contributed by atoms with Crippen molar-refractivity contribution in [3.8, 4) is 11.3 Å². The summed E-state index contributed by atoms with van der Waals surface area (Å²) < 4.78 is 0. The maximum Gasteiger partial charge on any atom is 0.254 e. The van der Waals surface area contributed by atoms with E-state index in [9.17, 15) is 4.79 Å². The Morgan fingerprint density at radius 2 is 2.03 bits per heavy atom. The Bertz CT molecular complexity index is 981. The Kier molecular flexibility index (Phi) is 7.96. The quantitative estimate of drug-likeness (QED) is 0.670. The molecule has 1 unspecified atom stereocenters. The van der Waals surface area contributed by atoms with Crippen molar-refractivity contribution >= 4 is 41.6 Å². The van der Waals surface area contributed by atoms with Gasteiger partial charge in [0.05, 0.1) is 16.8 Å². The molecule has 3 heterocycles. The first-order valence-electron chi connectivity index (χ1n) is 9.44. The van der Waals surface area contributed by atoms with Gasteiger partial charge in [0.15, 0.2) is 0 Å². The van der Waals surface area contributed by atoms with Gasteiger partial charge in [0.2, 0.25) is 0 Å². The van der Waals surface area contributed by atoms with Crippen molar-refractivity contribution in [1.82, 2.24) is 20.2 Å². The number of benzene rings is 1. The third-order valence-corrected chi connectivity index (χ3v) is 5.27. The molecule has 1 atom stereocenters. The number of likely N-dealkylation sites (N-methyl/N-ethyl adjacent to an activating group) is 1. The molecule has 1 N–H and O–H groups in total. The summed E-state index contributed by atoms with van der Waals surface area (Å²) in [7, 11) is 1.96. The van der Waals surface area contributed by atoms with Crippen molar-refractivity contribution in [2.45, 2.75) is 25.8 Å². The van der Waals surface area contributed by atoms with Crippen molar-refractivity contribution in [2.24, 2.45) is 0 Å². The van der Waals surface area contributed by atoms with Gasteiger partial charge in [-0.15, -0.1) is 24.8 Å². The molecule has 0 saturated carbocycles. The SMILES string of the molecule is CNC1CCCN(C(=O)c2cc(-c3cccnc3)nc3ccc(C)cc23)C1.Cl.Cl. The van der Waals surface area contributed by atoms with Gasteiger partial charge in [-0.3, -0.25) is 9.78 Å². The second-order valence-electron chi connectivity index (χ2n) is 7.20. The largest absolute Gasteiger partial charge is 0.337 e. The molecule has 1 aliphatic heterocycles. The number of fused-ring (bicyclic) bond motifs is 1. The zero-order valence-electron chi connectivity index (χ0n) is 16.6. The lowest BCUT2D eigenvalue weighted by Crippen LogP contribution is -2.47. The number of rotatable bonds is 3. The molecule has 1 saturated heterocycles. The van der Waals surface area contributed by atoms with Gasteiger partial charge in [-0.1, -0.05) is 11.6 Å². The lowest BCUT2D eigenvalue weighted by molar-refractivity contribution is 0.0700. The highest BCUT2D eigenvalue weighted by molar-refractivity contribution is 6.07. The van der Waals surface area contributed by atoms with Gasteiger partial charge in [0.1, 0.15) is 0 Å². The van der Waals surface area contributed by atoms with Crippen LogP contribution in [0.3, 0.4) is 0 Å². The van der Waals surface area contributed by atoms with Gasteiger partial charge in [0.25, 0.3) is 5.91 Å². The number of hydrogen-bond acceptors (Lipinski definition) is 4. The van der Waals surface area contributed by atoms with E-state index in [4.69, 9.17) is 4.98 Å². The Morgan fingerprint density at radius 1 is 1.21 bits per heavy atom. The van der Waals surface area contributed by atoms with Gasteiger partial charge in [-0.2, -0.15) is 0 Å². The molecule has 1 aliphatic rings. The van der Waals surface area contributed by atoms with Crippen molar-refractivity contribution in [1.29, 1.82) is 0 Å². The van der Waals surface area contributed by atoms with Crippen LogP contribution in [0, 0.1) is 6.92 Å². The Morgan fingerprint density at radius 3 is 2.76 bits per heavy atom. The maximum absolute atomic E-state index is 13.4. The number of pyridine rings is 2. The standard InChI is InChI=1S/C22H24N4O.2ClH/c1-15-7-8-20-18(11-15)19(12-21(25-20)16-5-3-9-24-13-16)22(27)26-10-4-6-17(14-26)23-2;;/h3,5,7-9,11-13,17,23H,4,6,10,14H2,1-2H3;2*1H. The molecule has 0 spiro atoms. The average molecular weight is 433 g/mol. The molecule has 29 heavy (non-hydrogen) atoms. The first-order valence-corrected chi connectivity index (χ1v) is 9.44. The van der Waals surface area contributed by atoms with Gasteiger partial charge in [-0.25, -0.2) is 4.98 Å². The second-order valence-corrected chi connectivity index (χ2v) is 7.20. The molecule has 5 nitrogen and oxygen atoms in total. The minimum Gasteiger partial charge on any atom is -0.337 e. The predicted octanol–water partition coefficient (Wildman–Crippen LogP) is 4.27. The Labute approximate surface area is 183 Å². The van der Waals surface area contributed by atoms with Crippen LogP contribution in [0.25, 0.3) is 22.2 Å². The van der Waals surface area contributed by atoms with Crippen LogP contribution in [0.4, 0.5) is 0 Å². The summed E-state index contributed by atoms with van der Waals surface area (Å²) in [5.41, 5.74) is 4.39. The summed E-state index contributed by atoms with van der Waals surface area (Å²) in [5, 5.41) is 4.23. The lowest BCUT2D eigenvalue weighted by atomic mass is 10.00. The average Bonchev–Trinajstić information content (AvgIpc) is 2.73. The van der Waals surface area contributed by atoms with Gasteiger partial charge in [0, 0.05) is 42.5 Å². The molecule has 0 aliphatic carbocycles. The van der Waals surface area contributed by atoms with E-state index in [0.717, 1.165) is 59.2 Å². The number of nitrogens with one attached hydrogen (secondary N) is 1. The normalized spacial score (nSPS) is 16.1. The van der Waals surface area contributed by atoms with E-state index < -0.39 is 0 Å². The zero-order chi connectivity index (χ0) is 18.8. The topological polar surface area (TPSA) is 58.1 Å². The predicted molar refractivity (Wildman–Crippen MR) is 122 cm³/mol. The van der Waals surface area contributed by atoms with Crippen LogP contribution < -0.4 is 5.32 Å². The highest BCUT2D eigenvalue weighted by Crippen LogP contribution is 2.27. The number of amides is 1. The molecular weight excluding hydrogens is 407 g/mol. The number of hydrogen-bond donors (Lipinski definition) is 1. The highest BCUT2D eigenvalue weighted by Gasteiger charge is 2.25. The summed E-state index contributed by atoms with van der Waals surface area (Å²) in [6, 6.07) is 12.2. The van der Waals surface area contributed by atoms with Crippen LogP contribution in [-0.4, -0.2) is 47.0 Å². The van der Waals surface area contributed by atoms with Gasteiger partial charge >= 0.3 is 0 Å².